The van der Waals surface area contributed by atoms with Gasteiger partial charge >= 0.3 is 5.76 Å². The number of aromatic nitrogens is 2. The SMILES string of the molecule is CC(C)(C)[Si](C)(C)OC1CC2(CCNCC2)Oc2ccc(-c3noc(=O)[nH]3)cc21. The lowest BCUT2D eigenvalue weighted by Crippen LogP contribution is -2.51. The van der Waals surface area contributed by atoms with E-state index in [-0.39, 0.29) is 16.7 Å². The van der Waals surface area contributed by atoms with Crippen LogP contribution >= 0.6 is 0 Å². The number of nitrogens with one attached hydrogen (secondary N) is 2. The lowest BCUT2D eigenvalue weighted by Gasteiger charge is -2.47. The number of fused-ring (bicyclic) bond motifs is 1. The molecule has 1 aromatic carbocycles. The molecular weight excluding hydrogens is 386 g/mol. The molecule has 0 aliphatic carbocycles. The molecule has 2 aromatic rings. The Morgan fingerprint density at radius 1 is 1.24 bits per heavy atom. The van der Waals surface area contributed by atoms with Gasteiger partial charge in [-0.25, -0.2) is 4.79 Å². The van der Waals surface area contributed by atoms with Gasteiger partial charge in [-0.3, -0.25) is 9.51 Å². The maximum Gasteiger partial charge on any atom is 0.439 e. The minimum absolute atomic E-state index is 0.0451. The molecule has 1 spiro atoms. The number of nitrogens with zero attached hydrogens (tertiary/aromatic N) is 1. The summed E-state index contributed by atoms with van der Waals surface area (Å²) in [6.45, 7) is 13.3. The molecule has 1 atom stereocenters. The molecule has 2 aliphatic heterocycles. The number of piperidine rings is 1. The van der Waals surface area contributed by atoms with E-state index in [1.54, 1.807) is 0 Å². The first kappa shape index (κ1) is 20.4. The predicted molar refractivity (Wildman–Crippen MR) is 114 cm³/mol. The van der Waals surface area contributed by atoms with E-state index in [1.807, 2.05) is 18.2 Å². The molecule has 0 amide bonds. The van der Waals surface area contributed by atoms with Crippen molar-refractivity contribution in [1.82, 2.24) is 15.5 Å². The van der Waals surface area contributed by atoms with Crippen LogP contribution in [0.3, 0.4) is 0 Å². The fraction of sp³-hybridized carbons (Fsp3) is 0.619. The quantitative estimate of drug-likeness (QED) is 0.734. The number of hydrogen-bond donors (Lipinski definition) is 2. The Hall–Kier alpha value is -1.90. The molecule has 0 radical (unpaired) electrons. The number of rotatable bonds is 3. The molecule has 3 heterocycles. The van der Waals surface area contributed by atoms with E-state index < -0.39 is 14.1 Å². The highest BCUT2D eigenvalue weighted by Gasteiger charge is 2.46. The van der Waals surface area contributed by atoms with Crippen LogP contribution < -0.4 is 15.8 Å². The monoisotopic (exact) mass is 417 g/mol. The smallest absolute Gasteiger partial charge is 0.439 e. The van der Waals surface area contributed by atoms with Crippen molar-refractivity contribution in [1.29, 1.82) is 0 Å². The number of benzene rings is 1. The van der Waals surface area contributed by atoms with Crippen molar-refractivity contribution in [2.45, 2.75) is 69.9 Å². The van der Waals surface area contributed by atoms with Gasteiger partial charge in [-0.2, -0.15) is 0 Å². The van der Waals surface area contributed by atoms with Crippen LogP contribution in [0.15, 0.2) is 27.5 Å². The number of hydrogen-bond acceptors (Lipinski definition) is 6. The van der Waals surface area contributed by atoms with E-state index in [9.17, 15) is 4.79 Å². The molecule has 1 unspecified atom stereocenters. The summed E-state index contributed by atoms with van der Waals surface area (Å²) in [5.74, 6) is 0.735. The largest absolute Gasteiger partial charge is 0.487 e. The zero-order chi connectivity index (χ0) is 20.9. The average Bonchev–Trinajstić information content (AvgIpc) is 3.07. The third-order valence-electron chi connectivity index (χ3n) is 6.71. The highest BCUT2D eigenvalue weighted by atomic mass is 28.4. The summed E-state index contributed by atoms with van der Waals surface area (Å²) in [6, 6.07) is 5.91. The minimum Gasteiger partial charge on any atom is -0.487 e. The summed E-state index contributed by atoms with van der Waals surface area (Å²) in [5.41, 5.74) is 1.64. The van der Waals surface area contributed by atoms with Crippen LogP contribution in [0, 0.1) is 0 Å². The average molecular weight is 418 g/mol. The van der Waals surface area contributed by atoms with Gasteiger partial charge in [0.15, 0.2) is 14.1 Å². The van der Waals surface area contributed by atoms with Gasteiger partial charge in [0.05, 0.1) is 6.10 Å². The molecule has 2 N–H and O–H groups in total. The van der Waals surface area contributed by atoms with E-state index in [0.717, 1.165) is 49.2 Å². The summed E-state index contributed by atoms with van der Waals surface area (Å²) >= 11 is 0. The van der Waals surface area contributed by atoms with Crippen LogP contribution in [-0.2, 0) is 4.43 Å². The van der Waals surface area contributed by atoms with E-state index in [1.165, 1.54) is 0 Å². The lowest BCUT2D eigenvalue weighted by atomic mass is 9.82. The number of H-pyrrole nitrogens is 1. The molecule has 7 nitrogen and oxygen atoms in total. The van der Waals surface area contributed by atoms with Crippen molar-refractivity contribution in [3.8, 4) is 17.1 Å². The Morgan fingerprint density at radius 2 is 1.97 bits per heavy atom. The number of ether oxygens (including phenoxy) is 1. The molecule has 29 heavy (non-hydrogen) atoms. The highest BCUT2D eigenvalue weighted by molar-refractivity contribution is 6.74. The standard InChI is InChI=1S/C21H31N3O4Si/c1-20(2,3)29(4,5)28-17-13-21(8-10-22-11-9-21)26-16-7-6-14(12-15(16)17)18-23-19(25)27-24-18/h6-7,12,17,22H,8-11,13H2,1-5H3,(H,23,24,25). The first-order chi connectivity index (χ1) is 13.6. The highest BCUT2D eigenvalue weighted by Crippen LogP contribution is 2.49. The Labute approximate surface area is 172 Å². The van der Waals surface area contributed by atoms with Gasteiger partial charge in [0.25, 0.3) is 0 Å². The van der Waals surface area contributed by atoms with Gasteiger partial charge < -0.3 is 14.5 Å². The zero-order valence-corrected chi connectivity index (χ0v) is 18.9. The third kappa shape index (κ3) is 3.93. The van der Waals surface area contributed by atoms with Crippen molar-refractivity contribution in [3.63, 3.8) is 0 Å². The number of aromatic amines is 1. The van der Waals surface area contributed by atoms with Crippen LogP contribution in [0.1, 0.15) is 51.7 Å². The predicted octanol–water partition coefficient (Wildman–Crippen LogP) is 4.00. The zero-order valence-electron chi connectivity index (χ0n) is 17.9. The van der Waals surface area contributed by atoms with E-state index in [2.05, 4.69) is 53.8 Å². The normalized spacial score (nSPS) is 21.6. The fourth-order valence-electron chi connectivity index (χ4n) is 3.94. The third-order valence-corrected chi connectivity index (χ3v) is 11.2. The molecule has 1 fully saturated rings. The van der Waals surface area contributed by atoms with Gasteiger partial charge in [0.1, 0.15) is 11.4 Å². The van der Waals surface area contributed by atoms with Crippen molar-refractivity contribution >= 4 is 8.32 Å². The molecule has 4 rings (SSSR count). The van der Waals surface area contributed by atoms with Gasteiger partial charge in [-0.1, -0.05) is 25.9 Å². The van der Waals surface area contributed by atoms with Crippen LogP contribution in [0.25, 0.3) is 11.4 Å². The first-order valence-corrected chi connectivity index (χ1v) is 13.3. The Morgan fingerprint density at radius 3 is 2.59 bits per heavy atom. The Bertz CT molecular complexity index is 938. The Kier molecular flexibility index (Phi) is 4.99. The second kappa shape index (κ2) is 7.11. The summed E-state index contributed by atoms with van der Waals surface area (Å²) < 4.78 is 18.2. The molecule has 8 heteroatoms. The second-order valence-corrected chi connectivity index (χ2v) is 14.6. The van der Waals surface area contributed by atoms with E-state index in [0.29, 0.717) is 5.82 Å². The second-order valence-electron chi connectivity index (χ2n) is 9.80. The summed E-state index contributed by atoms with van der Waals surface area (Å²) in [7, 11) is -2.00. The van der Waals surface area contributed by atoms with Gasteiger partial charge in [-0.15, -0.1) is 0 Å². The van der Waals surface area contributed by atoms with Gasteiger partial charge in [0, 0.05) is 17.5 Å². The van der Waals surface area contributed by atoms with Crippen molar-refractivity contribution in [2.24, 2.45) is 0 Å². The molecule has 1 aromatic heterocycles. The molecule has 0 saturated carbocycles. The van der Waals surface area contributed by atoms with Gasteiger partial charge in [-0.05, 0) is 62.3 Å². The maximum absolute atomic E-state index is 11.4. The lowest BCUT2D eigenvalue weighted by molar-refractivity contribution is -0.0297. The Balaban J connectivity index is 1.74. The molecular formula is C21H31N3O4Si. The molecule has 2 aliphatic rings. The van der Waals surface area contributed by atoms with Crippen molar-refractivity contribution in [2.75, 3.05) is 13.1 Å². The summed E-state index contributed by atoms with van der Waals surface area (Å²) in [5, 5.41) is 7.38. The van der Waals surface area contributed by atoms with Crippen LogP contribution in [0.2, 0.25) is 18.1 Å². The first-order valence-electron chi connectivity index (χ1n) is 10.4. The summed E-state index contributed by atoms with van der Waals surface area (Å²) in [6.07, 6.45) is 2.74. The van der Waals surface area contributed by atoms with Crippen LogP contribution in [0.4, 0.5) is 0 Å². The molecule has 1 saturated heterocycles. The molecule has 0 bridgehead atoms. The van der Waals surface area contributed by atoms with E-state index >= 15 is 0 Å². The van der Waals surface area contributed by atoms with Crippen LogP contribution in [-0.4, -0.2) is 37.1 Å². The van der Waals surface area contributed by atoms with Gasteiger partial charge in [0.2, 0.25) is 0 Å². The van der Waals surface area contributed by atoms with E-state index in [4.69, 9.17) is 9.16 Å². The topological polar surface area (TPSA) is 89.4 Å². The van der Waals surface area contributed by atoms with Crippen LogP contribution in [0.5, 0.6) is 5.75 Å². The minimum atomic E-state index is -2.00. The van der Waals surface area contributed by atoms with Crippen molar-refractivity contribution in [3.05, 3.63) is 34.3 Å². The maximum atomic E-state index is 11.4. The summed E-state index contributed by atoms with van der Waals surface area (Å²) in [4.78, 5) is 14.0. The molecule has 158 valence electrons. The fourth-order valence-corrected chi connectivity index (χ4v) is 5.22. The van der Waals surface area contributed by atoms with Crippen molar-refractivity contribution < 1.29 is 13.7 Å².